The number of hydrogen-bond donors (Lipinski definition) is 1. The molecule has 2 aromatic carbocycles. The second kappa shape index (κ2) is 8.98. The summed E-state index contributed by atoms with van der Waals surface area (Å²) in [5.74, 6) is 0. The molecule has 0 unspecified atom stereocenters. The lowest BCUT2D eigenvalue weighted by Crippen LogP contribution is -2.31. The van der Waals surface area contributed by atoms with Crippen LogP contribution >= 0.6 is 11.8 Å². The second-order valence-electron chi connectivity index (χ2n) is 6.83. The topological polar surface area (TPSA) is 69.7 Å². The minimum atomic E-state index is -3.58. The number of carbonyl (C=O) groups is 1. The molecule has 8 heteroatoms. The van der Waals surface area contributed by atoms with E-state index in [-0.39, 0.29) is 10.9 Å². The monoisotopic (exact) mass is 421 g/mol. The van der Waals surface area contributed by atoms with Gasteiger partial charge in [0.2, 0.25) is 10.0 Å². The molecule has 152 valence electrons. The molecule has 0 atom stereocenters. The average molecular weight is 422 g/mol. The zero-order valence-electron chi connectivity index (χ0n) is 17.1. The number of nitrogens with zero attached hydrogens (tertiary/aromatic N) is 2. The maximum absolute atomic E-state index is 12.6. The fraction of sp³-hybridized carbons (Fsp3) is 0.350. The number of benzene rings is 2. The summed E-state index contributed by atoms with van der Waals surface area (Å²) in [5, 5.41) is 2.84. The number of carbonyl (C=O) groups excluding carboxylic acids is 1. The molecule has 0 heterocycles. The summed E-state index contributed by atoms with van der Waals surface area (Å²) in [6, 6.07) is 10.9. The highest BCUT2D eigenvalue weighted by molar-refractivity contribution is 7.98. The van der Waals surface area contributed by atoms with Gasteiger partial charge in [0.1, 0.15) is 0 Å². The van der Waals surface area contributed by atoms with Crippen molar-refractivity contribution in [2.75, 3.05) is 32.7 Å². The van der Waals surface area contributed by atoms with Crippen molar-refractivity contribution >= 4 is 33.5 Å². The van der Waals surface area contributed by atoms with E-state index in [1.807, 2.05) is 44.4 Å². The van der Waals surface area contributed by atoms with Gasteiger partial charge in [0, 0.05) is 38.3 Å². The van der Waals surface area contributed by atoms with Crippen LogP contribution in [0.1, 0.15) is 16.7 Å². The minimum Gasteiger partial charge on any atom is -0.323 e. The van der Waals surface area contributed by atoms with Crippen LogP contribution < -0.4 is 5.32 Å². The van der Waals surface area contributed by atoms with E-state index in [0.29, 0.717) is 12.2 Å². The van der Waals surface area contributed by atoms with Crippen LogP contribution in [0.4, 0.5) is 10.5 Å². The number of amides is 2. The molecule has 0 radical (unpaired) electrons. The van der Waals surface area contributed by atoms with E-state index in [1.54, 1.807) is 29.8 Å². The zero-order valence-corrected chi connectivity index (χ0v) is 18.7. The smallest absolute Gasteiger partial charge is 0.321 e. The van der Waals surface area contributed by atoms with Crippen LogP contribution in [0.2, 0.25) is 0 Å². The third kappa shape index (κ3) is 5.06. The molecule has 0 bridgehead atoms. The summed E-state index contributed by atoms with van der Waals surface area (Å²) in [6.07, 6.45) is 2.02. The molecule has 0 aliphatic rings. The van der Waals surface area contributed by atoms with Gasteiger partial charge in [0.15, 0.2) is 0 Å². The highest BCUT2D eigenvalue weighted by Gasteiger charge is 2.20. The molecule has 2 amide bonds. The third-order valence-electron chi connectivity index (χ3n) is 4.59. The van der Waals surface area contributed by atoms with Crippen molar-refractivity contribution in [3.63, 3.8) is 0 Å². The van der Waals surface area contributed by atoms with Gasteiger partial charge in [-0.3, -0.25) is 0 Å². The van der Waals surface area contributed by atoms with Crippen LogP contribution in [-0.4, -0.2) is 51.1 Å². The van der Waals surface area contributed by atoms with E-state index in [2.05, 4.69) is 5.32 Å². The summed E-state index contributed by atoms with van der Waals surface area (Å²) in [5.41, 5.74) is 3.15. The first-order valence-corrected chi connectivity index (χ1v) is 11.4. The van der Waals surface area contributed by atoms with E-state index in [1.165, 1.54) is 25.1 Å². The second-order valence-corrected chi connectivity index (χ2v) is 9.87. The number of thioether (sulfide) groups is 1. The van der Waals surface area contributed by atoms with Crippen molar-refractivity contribution in [3.05, 3.63) is 53.1 Å². The average Bonchev–Trinajstić information content (AvgIpc) is 2.65. The molecule has 0 aliphatic carbocycles. The number of sulfonamides is 1. The summed E-state index contributed by atoms with van der Waals surface area (Å²) >= 11 is 1.67. The first-order chi connectivity index (χ1) is 13.1. The third-order valence-corrected chi connectivity index (χ3v) is 7.12. The molecule has 0 aromatic heterocycles. The Labute approximate surface area is 172 Å². The van der Waals surface area contributed by atoms with Crippen LogP contribution in [0.3, 0.4) is 0 Å². The standard InChI is InChI=1S/C20H27N3O3S2/c1-14-11-18(28(25,26)22(3)4)12-19(15(14)2)21-20(24)23(5)13-16-7-9-17(27-6)10-8-16/h7-12H,13H2,1-6H3,(H,21,24). The van der Waals surface area contributed by atoms with Gasteiger partial charge in [-0.05, 0) is 61.1 Å². The Morgan fingerprint density at radius 3 is 2.21 bits per heavy atom. The summed E-state index contributed by atoms with van der Waals surface area (Å²) in [4.78, 5) is 15.5. The molecule has 0 spiro atoms. The maximum Gasteiger partial charge on any atom is 0.321 e. The van der Waals surface area contributed by atoms with Gasteiger partial charge in [-0.25, -0.2) is 17.5 Å². The van der Waals surface area contributed by atoms with Gasteiger partial charge >= 0.3 is 6.03 Å². The molecular formula is C20H27N3O3S2. The van der Waals surface area contributed by atoms with Crippen molar-refractivity contribution in [3.8, 4) is 0 Å². The first kappa shape index (κ1) is 22.3. The summed E-state index contributed by atoms with van der Waals surface area (Å²) < 4.78 is 26.1. The lowest BCUT2D eigenvalue weighted by atomic mass is 10.1. The Hall–Kier alpha value is -2.03. The Balaban J connectivity index is 2.21. The Morgan fingerprint density at radius 1 is 1.07 bits per heavy atom. The number of nitrogens with one attached hydrogen (secondary N) is 1. The van der Waals surface area contributed by atoms with E-state index < -0.39 is 10.0 Å². The molecule has 6 nitrogen and oxygen atoms in total. The first-order valence-electron chi connectivity index (χ1n) is 8.75. The Bertz CT molecular complexity index is 955. The molecule has 28 heavy (non-hydrogen) atoms. The van der Waals surface area contributed by atoms with Crippen molar-refractivity contribution in [1.82, 2.24) is 9.21 Å². The van der Waals surface area contributed by atoms with Gasteiger partial charge in [-0.2, -0.15) is 0 Å². The lowest BCUT2D eigenvalue weighted by Gasteiger charge is -2.21. The number of anilines is 1. The van der Waals surface area contributed by atoms with Gasteiger partial charge in [-0.1, -0.05) is 12.1 Å². The molecule has 2 aromatic rings. The van der Waals surface area contributed by atoms with E-state index in [9.17, 15) is 13.2 Å². The fourth-order valence-corrected chi connectivity index (χ4v) is 4.03. The minimum absolute atomic E-state index is 0.159. The van der Waals surface area contributed by atoms with Crippen LogP contribution in [0.5, 0.6) is 0 Å². The van der Waals surface area contributed by atoms with E-state index in [0.717, 1.165) is 21.0 Å². The van der Waals surface area contributed by atoms with Gasteiger partial charge in [-0.15, -0.1) is 11.8 Å². The molecule has 0 saturated heterocycles. The Morgan fingerprint density at radius 2 is 1.68 bits per heavy atom. The summed E-state index contributed by atoms with van der Waals surface area (Å²) in [7, 11) is 1.10. The molecule has 0 saturated carbocycles. The number of aryl methyl sites for hydroxylation is 1. The molecule has 2 rings (SSSR count). The van der Waals surface area contributed by atoms with Gasteiger partial charge in [0.05, 0.1) is 4.90 Å². The van der Waals surface area contributed by atoms with Crippen LogP contribution in [0, 0.1) is 13.8 Å². The number of rotatable bonds is 6. The molecule has 1 N–H and O–H groups in total. The van der Waals surface area contributed by atoms with E-state index >= 15 is 0 Å². The molecule has 0 fully saturated rings. The largest absolute Gasteiger partial charge is 0.323 e. The van der Waals surface area contributed by atoms with Gasteiger partial charge in [0.25, 0.3) is 0 Å². The SMILES string of the molecule is CSc1ccc(CN(C)C(=O)Nc2cc(S(=O)(=O)N(C)C)cc(C)c2C)cc1. The van der Waals surface area contributed by atoms with Crippen LogP contribution in [-0.2, 0) is 16.6 Å². The highest BCUT2D eigenvalue weighted by Crippen LogP contribution is 2.26. The summed E-state index contributed by atoms with van der Waals surface area (Å²) in [6.45, 7) is 4.14. The normalized spacial score (nSPS) is 11.5. The highest BCUT2D eigenvalue weighted by atomic mass is 32.2. The number of hydrogen-bond acceptors (Lipinski definition) is 4. The van der Waals surface area contributed by atoms with Crippen molar-refractivity contribution in [2.24, 2.45) is 0 Å². The maximum atomic E-state index is 12.6. The predicted octanol–water partition coefficient (Wildman–Crippen LogP) is 3.94. The van der Waals surface area contributed by atoms with E-state index in [4.69, 9.17) is 0 Å². The van der Waals surface area contributed by atoms with Gasteiger partial charge < -0.3 is 10.2 Å². The fourth-order valence-electron chi connectivity index (χ4n) is 2.60. The van der Waals surface area contributed by atoms with Crippen molar-refractivity contribution in [1.29, 1.82) is 0 Å². The van der Waals surface area contributed by atoms with Crippen molar-refractivity contribution < 1.29 is 13.2 Å². The molecular weight excluding hydrogens is 394 g/mol. The van der Waals surface area contributed by atoms with Crippen LogP contribution in [0.15, 0.2) is 46.2 Å². The molecule has 0 aliphatic heterocycles. The zero-order chi connectivity index (χ0) is 21.1. The van der Waals surface area contributed by atoms with Crippen LogP contribution in [0.25, 0.3) is 0 Å². The number of urea groups is 1. The quantitative estimate of drug-likeness (QED) is 0.717. The lowest BCUT2D eigenvalue weighted by molar-refractivity contribution is 0.220. The Kier molecular flexibility index (Phi) is 7.14. The van der Waals surface area contributed by atoms with Crippen molar-refractivity contribution in [2.45, 2.75) is 30.2 Å². The predicted molar refractivity (Wildman–Crippen MR) is 115 cm³/mol.